The molecule has 6 heteroatoms. The van der Waals surface area contributed by atoms with Gasteiger partial charge in [0.15, 0.2) is 9.84 Å². The Labute approximate surface area is 151 Å². The van der Waals surface area contributed by atoms with Crippen LogP contribution in [0.5, 0.6) is 5.75 Å². The van der Waals surface area contributed by atoms with Crippen molar-refractivity contribution in [3.63, 3.8) is 0 Å². The van der Waals surface area contributed by atoms with E-state index in [9.17, 15) is 18.3 Å². The predicted molar refractivity (Wildman–Crippen MR) is 99.0 cm³/mol. The summed E-state index contributed by atoms with van der Waals surface area (Å²) >= 11 is 0. The number of aromatic hydroxyl groups is 1. The predicted octanol–water partition coefficient (Wildman–Crippen LogP) is 4.79. The van der Waals surface area contributed by atoms with Crippen molar-refractivity contribution in [3.8, 4) is 5.75 Å². The summed E-state index contributed by atoms with van der Waals surface area (Å²) in [5.74, 6) is -2.07. The van der Waals surface area contributed by atoms with Gasteiger partial charge in [0.25, 0.3) is 0 Å². The molecular formula is C19H30O5S. The molecule has 2 N–H and O–H groups in total. The number of hydrogen-bond acceptors (Lipinski definition) is 4. The third-order valence-corrected chi connectivity index (χ3v) is 6.16. The Hall–Kier alpha value is -1.56. The molecule has 0 aliphatic carbocycles. The van der Waals surface area contributed by atoms with Crippen molar-refractivity contribution in [3.05, 3.63) is 23.8 Å². The maximum absolute atomic E-state index is 12.3. The molecule has 0 aliphatic rings. The van der Waals surface area contributed by atoms with Crippen molar-refractivity contribution in [2.24, 2.45) is 0 Å². The summed E-state index contributed by atoms with van der Waals surface area (Å²) in [5, 5.41) is 18.9. The second kappa shape index (κ2) is 11.1. The molecule has 0 aliphatic heterocycles. The first-order valence-corrected chi connectivity index (χ1v) is 10.8. The molecule has 0 bridgehead atoms. The number of sulfone groups is 1. The molecular weight excluding hydrogens is 340 g/mol. The standard InChI is InChI=1S/C19H30O5S/c1-2-3-4-5-6-7-8-9-10-11-15-25(23,24)17-14-12-13-16(18(17)20)19(21)22/h12-14,20H,2-11,15H2,1H3,(H,21,22). The van der Waals surface area contributed by atoms with Crippen LogP contribution in [0.4, 0.5) is 0 Å². The van der Waals surface area contributed by atoms with Gasteiger partial charge >= 0.3 is 5.97 Å². The Bertz CT molecular complexity index is 637. The Morgan fingerprint density at radius 1 is 0.920 bits per heavy atom. The highest BCUT2D eigenvalue weighted by Crippen LogP contribution is 2.28. The highest BCUT2D eigenvalue weighted by molar-refractivity contribution is 7.91. The van der Waals surface area contributed by atoms with E-state index < -0.39 is 21.6 Å². The van der Waals surface area contributed by atoms with Gasteiger partial charge in [-0.05, 0) is 18.6 Å². The van der Waals surface area contributed by atoms with Crippen LogP contribution in [-0.4, -0.2) is 30.4 Å². The van der Waals surface area contributed by atoms with Gasteiger partial charge in [-0.1, -0.05) is 70.8 Å². The molecule has 1 aromatic rings. The first kappa shape index (κ1) is 21.5. The van der Waals surface area contributed by atoms with Crippen LogP contribution >= 0.6 is 0 Å². The molecule has 0 spiro atoms. The summed E-state index contributed by atoms with van der Waals surface area (Å²) in [4.78, 5) is 10.7. The molecule has 1 rings (SSSR count). The average Bonchev–Trinajstić information content (AvgIpc) is 2.56. The summed E-state index contributed by atoms with van der Waals surface area (Å²) in [5.41, 5.74) is -0.385. The second-order valence-electron chi connectivity index (χ2n) is 6.46. The van der Waals surface area contributed by atoms with Crippen molar-refractivity contribution in [1.29, 1.82) is 0 Å². The van der Waals surface area contributed by atoms with E-state index in [0.717, 1.165) is 19.3 Å². The number of carboxylic acid groups (broad SMARTS) is 1. The minimum Gasteiger partial charge on any atom is -0.506 e. The number of rotatable bonds is 13. The highest BCUT2D eigenvalue weighted by atomic mass is 32.2. The molecule has 0 fully saturated rings. The van der Waals surface area contributed by atoms with E-state index in [1.54, 1.807) is 0 Å². The summed E-state index contributed by atoms with van der Waals surface area (Å²) in [6.07, 6.45) is 11.0. The van der Waals surface area contributed by atoms with Crippen LogP contribution in [0.25, 0.3) is 0 Å². The van der Waals surface area contributed by atoms with E-state index in [1.807, 2.05) is 0 Å². The van der Waals surface area contributed by atoms with Crippen LogP contribution in [0.3, 0.4) is 0 Å². The van der Waals surface area contributed by atoms with E-state index >= 15 is 0 Å². The minimum absolute atomic E-state index is 0.0693. The van der Waals surface area contributed by atoms with Gasteiger partial charge in [-0.3, -0.25) is 0 Å². The van der Waals surface area contributed by atoms with Gasteiger partial charge in [0.1, 0.15) is 16.2 Å². The number of carboxylic acids is 1. The van der Waals surface area contributed by atoms with E-state index in [-0.39, 0.29) is 16.2 Å². The molecule has 0 saturated heterocycles. The van der Waals surface area contributed by atoms with Crippen molar-refractivity contribution in [2.45, 2.75) is 76.0 Å². The number of phenols is 1. The fourth-order valence-electron chi connectivity index (χ4n) is 2.84. The Balaban J connectivity index is 2.35. The molecule has 0 unspecified atom stereocenters. The Kier molecular flexibility index (Phi) is 9.57. The largest absolute Gasteiger partial charge is 0.506 e. The van der Waals surface area contributed by atoms with Gasteiger partial charge in [0, 0.05) is 0 Å². The van der Waals surface area contributed by atoms with E-state index in [0.29, 0.717) is 6.42 Å². The lowest BCUT2D eigenvalue weighted by Gasteiger charge is -2.08. The van der Waals surface area contributed by atoms with Crippen LogP contribution in [0.15, 0.2) is 23.1 Å². The number of benzene rings is 1. The lowest BCUT2D eigenvalue weighted by atomic mass is 10.1. The third kappa shape index (κ3) is 7.46. The zero-order valence-corrected chi connectivity index (χ0v) is 15.9. The molecule has 0 aromatic heterocycles. The van der Waals surface area contributed by atoms with Crippen LogP contribution in [0, 0.1) is 0 Å². The van der Waals surface area contributed by atoms with Crippen LogP contribution in [0.2, 0.25) is 0 Å². The maximum atomic E-state index is 12.3. The normalized spacial score (nSPS) is 11.6. The molecule has 1 aromatic carbocycles. The number of aromatic carboxylic acids is 1. The van der Waals surface area contributed by atoms with E-state index in [1.165, 1.54) is 56.7 Å². The quantitative estimate of drug-likeness (QED) is 0.487. The van der Waals surface area contributed by atoms with Crippen molar-refractivity contribution < 1.29 is 23.4 Å². The minimum atomic E-state index is -3.67. The summed E-state index contributed by atoms with van der Waals surface area (Å²) in [6, 6.07) is 3.79. The Morgan fingerprint density at radius 2 is 1.44 bits per heavy atom. The fraction of sp³-hybridized carbons (Fsp3) is 0.632. The number of para-hydroxylation sites is 1. The highest BCUT2D eigenvalue weighted by Gasteiger charge is 2.22. The summed E-state index contributed by atoms with van der Waals surface area (Å²) < 4.78 is 24.6. The number of unbranched alkanes of at least 4 members (excludes halogenated alkanes) is 9. The Morgan fingerprint density at radius 3 is 1.96 bits per heavy atom. The monoisotopic (exact) mass is 370 g/mol. The van der Waals surface area contributed by atoms with Crippen LogP contribution in [-0.2, 0) is 9.84 Å². The SMILES string of the molecule is CCCCCCCCCCCCS(=O)(=O)c1cccc(C(=O)O)c1O. The average molecular weight is 371 g/mol. The molecule has 0 atom stereocenters. The van der Waals surface area contributed by atoms with E-state index in [4.69, 9.17) is 5.11 Å². The van der Waals surface area contributed by atoms with Gasteiger partial charge in [-0.15, -0.1) is 0 Å². The molecule has 0 amide bonds. The van der Waals surface area contributed by atoms with Gasteiger partial charge in [-0.25, -0.2) is 13.2 Å². The maximum Gasteiger partial charge on any atom is 0.339 e. The fourth-order valence-corrected chi connectivity index (χ4v) is 4.33. The van der Waals surface area contributed by atoms with E-state index in [2.05, 4.69) is 6.92 Å². The first-order valence-electron chi connectivity index (χ1n) is 9.18. The van der Waals surface area contributed by atoms with Gasteiger partial charge < -0.3 is 10.2 Å². The molecule has 0 radical (unpaired) electrons. The lowest BCUT2D eigenvalue weighted by molar-refractivity contribution is 0.0693. The molecule has 25 heavy (non-hydrogen) atoms. The molecule has 142 valence electrons. The third-order valence-electron chi connectivity index (χ3n) is 4.33. The van der Waals surface area contributed by atoms with Crippen molar-refractivity contribution in [2.75, 3.05) is 5.75 Å². The zero-order valence-electron chi connectivity index (χ0n) is 15.0. The number of carbonyl (C=O) groups is 1. The van der Waals surface area contributed by atoms with Crippen molar-refractivity contribution >= 4 is 15.8 Å². The van der Waals surface area contributed by atoms with Gasteiger partial charge in [0.2, 0.25) is 0 Å². The number of hydrogen-bond donors (Lipinski definition) is 2. The van der Waals surface area contributed by atoms with Gasteiger partial charge in [0.05, 0.1) is 5.75 Å². The smallest absolute Gasteiger partial charge is 0.339 e. The summed E-state index contributed by atoms with van der Waals surface area (Å²) in [6.45, 7) is 2.20. The zero-order chi connectivity index (χ0) is 18.7. The molecule has 0 heterocycles. The molecule has 5 nitrogen and oxygen atoms in total. The first-order chi connectivity index (χ1) is 11.9. The second-order valence-corrected chi connectivity index (χ2v) is 8.54. The lowest BCUT2D eigenvalue weighted by Crippen LogP contribution is -2.09. The summed E-state index contributed by atoms with van der Waals surface area (Å²) in [7, 11) is -3.67. The van der Waals surface area contributed by atoms with Crippen molar-refractivity contribution in [1.82, 2.24) is 0 Å². The molecule has 0 saturated carbocycles. The van der Waals surface area contributed by atoms with Crippen LogP contribution < -0.4 is 0 Å². The topological polar surface area (TPSA) is 91.7 Å². The van der Waals surface area contributed by atoms with Gasteiger partial charge in [-0.2, -0.15) is 0 Å². The van der Waals surface area contributed by atoms with Crippen LogP contribution in [0.1, 0.15) is 81.5 Å².